The maximum Gasteiger partial charge on any atom is 0.335 e. The van der Waals surface area contributed by atoms with Crippen molar-refractivity contribution in [1.29, 1.82) is 0 Å². The van der Waals surface area contributed by atoms with Crippen LogP contribution in [0.2, 0.25) is 0 Å². The highest BCUT2D eigenvalue weighted by molar-refractivity contribution is 6.00. The van der Waals surface area contributed by atoms with Gasteiger partial charge in [0.25, 0.3) is 0 Å². The number of nitrogens with zero attached hydrogens (tertiary/aromatic N) is 2. The highest BCUT2D eigenvalue weighted by Gasteiger charge is 2.44. The molecule has 1 aliphatic rings. The molecular weight excluding hydrogens is 244 g/mol. The van der Waals surface area contributed by atoms with Gasteiger partial charge in [-0.25, -0.2) is 4.79 Å². The fourth-order valence-corrected chi connectivity index (χ4v) is 1.91. The predicted octanol–water partition coefficient (Wildman–Crippen LogP) is -1.99. The van der Waals surface area contributed by atoms with Crippen molar-refractivity contribution in [2.45, 2.75) is 38.1 Å². The maximum atomic E-state index is 11.3. The minimum Gasteiger partial charge on any atom is -0.479 e. The van der Waals surface area contributed by atoms with Crippen LogP contribution in [0.3, 0.4) is 0 Å². The van der Waals surface area contributed by atoms with Crippen LogP contribution >= 0.6 is 0 Å². The quantitative estimate of drug-likeness (QED) is 0.501. The van der Waals surface area contributed by atoms with Crippen molar-refractivity contribution in [2.24, 2.45) is 4.99 Å². The first-order valence-electron chi connectivity index (χ1n) is 5.19. The summed E-state index contributed by atoms with van der Waals surface area (Å²) < 4.78 is 0. The van der Waals surface area contributed by atoms with Crippen LogP contribution in [0.4, 0.5) is 0 Å². The third-order valence-corrected chi connectivity index (χ3v) is 2.74. The fraction of sp³-hybridized carbons (Fsp3) is 0.600. The van der Waals surface area contributed by atoms with Crippen LogP contribution in [0.5, 0.6) is 0 Å². The summed E-state index contributed by atoms with van der Waals surface area (Å²) in [5, 5.41) is 27.5. The second-order valence-electron chi connectivity index (χ2n) is 3.96. The number of amidine groups is 1. The van der Waals surface area contributed by atoms with E-state index in [2.05, 4.69) is 4.99 Å². The number of hydrogen-bond acceptors (Lipinski definition) is 6. The number of rotatable bonds is 4. The Balaban J connectivity index is 3.00. The van der Waals surface area contributed by atoms with E-state index in [-0.39, 0.29) is 5.84 Å². The minimum absolute atomic E-state index is 0.196. The molecule has 0 unspecified atom stereocenters. The number of aliphatic carboxylic acids is 1. The van der Waals surface area contributed by atoms with Gasteiger partial charge in [-0.05, 0) is 6.92 Å². The van der Waals surface area contributed by atoms with Crippen molar-refractivity contribution < 1.29 is 29.7 Å². The number of aldehydes is 1. The summed E-state index contributed by atoms with van der Waals surface area (Å²) in [6.45, 7) is 2.68. The van der Waals surface area contributed by atoms with Crippen LogP contribution < -0.4 is 0 Å². The van der Waals surface area contributed by atoms with Gasteiger partial charge in [0.1, 0.15) is 30.3 Å². The Kier molecular flexibility index (Phi) is 4.15. The average molecular weight is 258 g/mol. The van der Waals surface area contributed by atoms with Gasteiger partial charge >= 0.3 is 5.97 Å². The maximum absolute atomic E-state index is 11.3. The second kappa shape index (κ2) is 5.23. The Morgan fingerprint density at radius 3 is 2.39 bits per heavy atom. The molecule has 100 valence electrons. The molecule has 0 bridgehead atoms. The Morgan fingerprint density at radius 2 is 2.00 bits per heavy atom. The lowest BCUT2D eigenvalue weighted by Crippen LogP contribution is -2.51. The summed E-state index contributed by atoms with van der Waals surface area (Å²) in [5.74, 6) is -1.88. The molecule has 0 saturated heterocycles. The standard InChI is InChI=1S/C10H14N2O6/c1-4-11-7(8(15)9(16)10(17)18)6(3-13)12(4)5(2)14/h3,6-9,15-16H,1-2H3,(H,17,18)/t6-,7-,8+,9+/m1/s1. The van der Waals surface area contributed by atoms with Gasteiger partial charge in [0.2, 0.25) is 5.91 Å². The average Bonchev–Trinajstić information content (AvgIpc) is 2.63. The molecule has 1 rings (SSSR count). The van der Waals surface area contributed by atoms with E-state index in [0.29, 0.717) is 6.29 Å². The summed E-state index contributed by atoms with van der Waals surface area (Å²) in [5.41, 5.74) is 0. The SMILES string of the molecule is CC(=O)N1C(C)=N[C@@H]([C@H](O)[C@H](O)C(=O)O)[C@H]1C=O. The van der Waals surface area contributed by atoms with Gasteiger partial charge in [-0.15, -0.1) is 0 Å². The van der Waals surface area contributed by atoms with E-state index in [1.165, 1.54) is 13.8 Å². The van der Waals surface area contributed by atoms with Gasteiger partial charge in [0.05, 0.1) is 0 Å². The van der Waals surface area contributed by atoms with E-state index < -0.39 is 36.2 Å². The zero-order chi connectivity index (χ0) is 14.0. The molecule has 1 aliphatic heterocycles. The van der Waals surface area contributed by atoms with Crippen LogP contribution in [0.15, 0.2) is 4.99 Å². The van der Waals surface area contributed by atoms with Crippen LogP contribution in [0.25, 0.3) is 0 Å². The number of carboxylic acids is 1. The minimum atomic E-state index is -2.07. The topological polar surface area (TPSA) is 128 Å². The molecule has 0 aromatic carbocycles. The zero-order valence-electron chi connectivity index (χ0n) is 9.85. The fourth-order valence-electron chi connectivity index (χ4n) is 1.91. The number of hydrogen-bond donors (Lipinski definition) is 3. The van der Waals surface area contributed by atoms with Crippen LogP contribution in [0.1, 0.15) is 13.8 Å². The molecule has 1 heterocycles. The van der Waals surface area contributed by atoms with E-state index in [9.17, 15) is 24.6 Å². The molecule has 0 saturated carbocycles. The van der Waals surface area contributed by atoms with Crippen LogP contribution in [-0.4, -0.2) is 68.5 Å². The van der Waals surface area contributed by atoms with Gasteiger partial charge in [-0.3, -0.25) is 14.7 Å². The van der Waals surface area contributed by atoms with Crippen molar-refractivity contribution >= 4 is 24.0 Å². The largest absolute Gasteiger partial charge is 0.479 e. The van der Waals surface area contributed by atoms with Crippen molar-refractivity contribution in [3.8, 4) is 0 Å². The van der Waals surface area contributed by atoms with Crippen LogP contribution in [0, 0.1) is 0 Å². The Morgan fingerprint density at radius 1 is 1.44 bits per heavy atom. The molecule has 0 radical (unpaired) electrons. The third kappa shape index (κ3) is 2.39. The van der Waals surface area contributed by atoms with Gasteiger partial charge in [-0.2, -0.15) is 0 Å². The lowest BCUT2D eigenvalue weighted by atomic mass is 9.99. The highest BCUT2D eigenvalue weighted by atomic mass is 16.4. The molecule has 0 aromatic heterocycles. The monoisotopic (exact) mass is 258 g/mol. The first-order chi connectivity index (χ1) is 8.31. The number of carbonyl (C=O) groups excluding carboxylic acids is 2. The summed E-state index contributed by atoms with van der Waals surface area (Å²) in [7, 11) is 0. The summed E-state index contributed by atoms with van der Waals surface area (Å²) in [4.78, 5) is 37.8. The molecular formula is C10H14N2O6. The first-order valence-corrected chi connectivity index (χ1v) is 5.19. The summed E-state index contributed by atoms with van der Waals surface area (Å²) in [6, 6.07) is -2.29. The molecule has 18 heavy (non-hydrogen) atoms. The number of carbonyl (C=O) groups is 3. The van der Waals surface area contributed by atoms with E-state index in [4.69, 9.17) is 5.11 Å². The van der Waals surface area contributed by atoms with E-state index >= 15 is 0 Å². The summed E-state index contributed by atoms with van der Waals surface area (Å²) >= 11 is 0. The molecule has 0 aromatic rings. The molecule has 4 atom stereocenters. The molecule has 8 nitrogen and oxygen atoms in total. The Labute approximate surface area is 103 Å². The molecule has 3 N–H and O–H groups in total. The van der Waals surface area contributed by atoms with Crippen molar-refractivity contribution in [3.63, 3.8) is 0 Å². The lowest BCUT2D eigenvalue weighted by Gasteiger charge is -2.25. The van der Waals surface area contributed by atoms with Crippen molar-refractivity contribution in [3.05, 3.63) is 0 Å². The smallest absolute Gasteiger partial charge is 0.335 e. The van der Waals surface area contributed by atoms with Crippen molar-refractivity contribution in [2.75, 3.05) is 0 Å². The number of aliphatic hydroxyl groups excluding tert-OH is 2. The molecule has 0 fully saturated rings. The van der Waals surface area contributed by atoms with E-state index in [1.807, 2.05) is 0 Å². The highest BCUT2D eigenvalue weighted by Crippen LogP contribution is 2.21. The first kappa shape index (κ1) is 14.3. The third-order valence-electron chi connectivity index (χ3n) is 2.74. The number of carboxylic acid groups (broad SMARTS) is 1. The van der Waals surface area contributed by atoms with E-state index in [0.717, 1.165) is 4.90 Å². The molecule has 8 heteroatoms. The van der Waals surface area contributed by atoms with Gasteiger partial charge < -0.3 is 20.1 Å². The predicted molar refractivity (Wildman–Crippen MR) is 58.9 cm³/mol. The second-order valence-corrected chi connectivity index (χ2v) is 3.96. The lowest BCUT2D eigenvalue weighted by molar-refractivity contribution is -0.154. The molecule has 0 aliphatic carbocycles. The summed E-state index contributed by atoms with van der Waals surface area (Å²) in [6.07, 6.45) is -3.44. The van der Waals surface area contributed by atoms with E-state index in [1.54, 1.807) is 0 Å². The number of amides is 1. The molecule has 0 spiro atoms. The zero-order valence-corrected chi connectivity index (χ0v) is 9.85. The Bertz CT molecular complexity index is 407. The normalized spacial score (nSPS) is 26.4. The molecule has 1 amide bonds. The van der Waals surface area contributed by atoms with Gasteiger partial charge in [0.15, 0.2) is 6.10 Å². The number of aliphatic hydroxyl groups is 2. The Hall–Kier alpha value is -1.80. The number of aliphatic imine (C=N–C) groups is 1. The van der Waals surface area contributed by atoms with Gasteiger partial charge in [-0.1, -0.05) is 0 Å². The van der Waals surface area contributed by atoms with Gasteiger partial charge in [0, 0.05) is 6.92 Å². The van der Waals surface area contributed by atoms with Crippen LogP contribution in [-0.2, 0) is 14.4 Å². The van der Waals surface area contributed by atoms with Crippen molar-refractivity contribution in [1.82, 2.24) is 4.90 Å².